The Morgan fingerprint density at radius 2 is 1.60 bits per heavy atom. The fraction of sp³-hybridized carbons (Fsp3) is 0.343. The summed E-state index contributed by atoms with van der Waals surface area (Å²) in [6.45, 7) is 6.65. The summed E-state index contributed by atoms with van der Waals surface area (Å²) in [5.41, 5.74) is 2.14. The highest BCUT2D eigenvalue weighted by molar-refractivity contribution is 6.01. The van der Waals surface area contributed by atoms with Crippen LogP contribution in [-0.4, -0.2) is 56.5 Å². The van der Waals surface area contributed by atoms with Crippen LogP contribution in [0.4, 0.5) is 4.39 Å². The molecule has 9 nitrogen and oxygen atoms in total. The second-order valence-electron chi connectivity index (χ2n) is 11.7. The van der Waals surface area contributed by atoms with E-state index in [1.165, 1.54) is 6.07 Å². The van der Waals surface area contributed by atoms with E-state index in [2.05, 4.69) is 20.7 Å². The number of hydrogen-bond acceptors (Lipinski definition) is 5. The third-order valence-corrected chi connectivity index (χ3v) is 8.01. The molecule has 5 rings (SSSR count). The van der Waals surface area contributed by atoms with Gasteiger partial charge in [-0.15, -0.1) is 0 Å². The fourth-order valence-corrected chi connectivity index (χ4v) is 5.69. The zero-order chi connectivity index (χ0) is 31.9. The van der Waals surface area contributed by atoms with E-state index in [1.54, 1.807) is 59.0 Å². The maximum atomic E-state index is 14.8. The second-order valence-corrected chi connectivity index (χ2v) is 11.7. The standard InChI is InChI=1S/C35H39FN6O3/c1-23(2)32-33-37-24(3)40-42(33)21-20-41(35(45)28-16-8-7-14-26(28)27-15-9-10-17-29(27)36)19-11-18-31(43)38-30(34(44)39-32)22-25-12-5-4-6-13-25/h4-10,12-17,23,30,32H,11,18-22H2,1-3H3,(H,38,43)(H,39,44)/t30-,32+/m0/s1. The molecule has 10 heteroatoms. The number of carbonyl (C=O) groups excluding carboxylic acids is 3. The first-order valence-corrected chi connectivity index (χ1v) is 15.4. The zero-order valence-electron chi connectivity index (χ0n) is 25.9. The quantitative estimate of drug-likeness (QED) is 0.335. The first kappa shape index (κ1) is 31.6. The Bertz CT molecular complexity index is 1650. The number of aryl methyl sites for hydroxylation is 1. The molecule has 1 aliphatic rings. The maximum absolute atomic E-state index is 14.8. The molecule has 0 saturated heterocycles. The number of hydrogen-bond donors (Lipinski definition) is 2. The van der Waals surface area contributed by atoms with Gasteiger partial charge in [-0.1, -0.05) is 80.6 Å². The van der Waals surface area contributed by atoms with E-state index >= 15 is 0 Å². The monoisotopic (exact) mass is 610 g/mol. The van der Waals surface area contributed by atoms with E-state index < -0.39 is 17.9 Å². The molecular formula is C35H39FN6O3. The van der Waals surface area contributed by atoms with E-state index in [0.717, 1.165) is 5.56 Å². The van der Waals surface area contributed by atoms with E-state index in [9.17, 15) is 18.8 Å². The number of nitrogens with zero attached hydrogens (tertiary/aromatic N) is 4. The molecule has 2 N–H and O–H groups in total. The summed E-state index contributed by atoms with van der Waals surface area (Å²) in [5.74, 6) is -0.162. The van der Waals surface area contributed by atoms with E-state index in [4.69, 9.17) is 0 Å². The lowest BCUT2D eigenvalue weighted by Gasteiger charge is -2.28. The zero-order valence-corrected chi connectivity index (χ0v) is 25.9. The minimum Gasteiger partial charge on any atom is -0.344 e. The second kappa shape index (κ2) is 14.3. The Hall–Kier alpha value is -4.86. The Morgan fingerprint density at radius 1 is 0.911 bits per heavy atom. The molecule has 0 radical (unpaired) electrons. The molecule has 0 fully saturated rings. The van der Waals surface area contributed by atoms with Gasteiger partial charge in [0.15, 0.2) is 0 Å². The van der Waals surface area contributed by atoms with E-state index in [1.807, 2.05) is 44.2 Å². The van der Waals surface area contributed by atoms with Crippen molar-refractivity contribution in [1.29, 1.82) is 0 Å². The molecule has 4 aromatic rings. The van der Waals surface area contributed by atoms with Crippen molar-refractivity contribution >= 4 is 17.7 Å². The molecule has 2 atom stereocenters. The normalized spacial score (nSPS) is 18.1. The van der Waals surface area contributed by atoms with Crippen LogP contribution in [-0.2, 0) is 22.6 Å². The van der Waals surface area contributed by atoms with Gasteiger partial charge in [-0.2, -0.15) is 5.10 Å². The lowest BCUT2D eigenvalue weighted by Crippen LogP contribution is -2.50. The van der Waals surface area contributed by atoms with Gasteiger partial charge in [-0.25, -0.2) is 14.1 Å². The van der Waals surface area contributed by atoms with Crippen molar-refractivity contribution < 1.29 is 18.8 Å². The number of benzene rings is 3. The molecule has 0 spiro atoms. The predicted molar refractivity (Wildman–Crippen MR) is 170 cm³/mol. The van der Waals surface area contributed by atoms with Crippen LogP contribution in [0, 0.1) is 18.7 Å². The Balaban J connectivity index is 1.48. The first-order valence-electron chi connectivity index (χ1n) is 15.4. The van der Waals surface area contributed by atoms with E-state index in [0.29, 0.717) is 47.7 Å². The van der Waals surface area contributed by atoms with Crippen molar-refractivity contribution in [2.24, 2.45) is 5.92 Å². The van der Waals surface area contributed by atoms with Crippen LogP contribution < -0.4 is 10.6 Å². The van der Waals surface area contributed by atoms with Crippen molar-refractivity contribution in [2.75, 3.05) is 13.1 Å². The van der Waals surface area contributed by atoms with Crippen LogP contribution in [0.25, 0.3) is 11.1 Å². The fourth-order valence-electron chi connectivity index (χ4n) is 5.69. The van der Waals surface area contributed by atoms with Gasteiger partial charge >= 0.3 is 0 Å². The maximum Gasteiger partial charge on any atom is 0.254 e. The number of halogens is 1. The summed E-state index contributed by atoms with van der Waals surface area (Å²) in [6, 6.07) is 21.6. The van der Waals surface area contributed by atoms with Crippen molar-refractivity contribution in [3.63, 3.8) is 0 Å². The van der Waals surface area contributed by atoms with Gasteiger partial charge in [0.2, 0.25) is 11.8 Å². The van der Waals surface area contributed by atoms with Gasteiger partial charge < -0.3 is 15.5 Å². The van der Waals surface area contributed by atoms with Gasteiger partial charge in [0.05, 0.1) is 12.6 Å². The van der Waals surface area contributed by atoms with E-state index in [-0.39, 0.29) is 43.1 Å². The molecule has 1 aliphatic heterocycles. The highest BCUT2D eigenvalue weighted by atomic mass is 19.1. The molecule has 0 saturated carbocycles. The highest BCUT2D eigenvalue weighted by Gasteiger charge is 2.30. The number of rotatable bonds is 5. The molecule has 0 bridgehead atoms. The van der Waals surface area contributed by atoms with Crippen molar-refractivity contribution in [3.05, 3.63) is 107 Å². The highest BCUT2D eigenvalue weighted by Crippen LogP contribution is 2.28. The number of carbonyl (C=O) groups is 3. The Labute approximate surface area is 262 Å². The van der Waals surface area contributed by atoms with Gasteiger partial charge in [-0.05, 0) is 42.5 Å². The van der Waals surface area contributed by atoms with Crippen molar-refractivity contribution in [3.8, 4) is 11.1 Å². The van der Waals surface area contributed by atoms with Gasteiger partial charge in [0.1, 0.15) is 23.5 Å². The number of amides is 3. The molecule has 45 heavy (non-hydrogen) atoms. The molecule has 2 heterocycles. The van der Waals surface area contributed by atoms with Crippen LogP contribution in [0.15, 0.2) is 78.9 Å². The molecule has 234 valence electrons. The summed E-state index contributed by atoms with van der Waals surface area (Å²) in [6.07, 6.45) is 0.821. The topological polar surface area (TPSA) is 109 Å². The molecule has 1 aromatic heterocycles. The Morgan fingerprint density at radius 3 is 2.33 bits per heavy atom. The van der Waals surface area contributed by atoms with Gasteiger partial charge in [-0.3, -0.25) is 14.4 Å². The first-order chi connectivity index (χ1) is 21.7. The van der Waals surface area contributed by atoms with Crippen LogP contribution >= 0.6 is 0 Å². The lowest BCUT2D eigenvalue weighted by molar-refractivity contribution is -0.129. The lowest BCUT2D eigenvalue weighted by atomic mass is 9.98. The third-order valence-electron chi connectivity index (χ3n) is 8.01. The van der Waals surface area contributed by atoms with Gasteiger partial charge in [0.25, 0.3) is 5.91 Å². The predicted octanol–water partition coefficient (Wildman–Crippen LogP) is 4.87. The van der Waals surface area contributed by atoms with Crippen LogP contribution in [0.2, 0.25) is 0 Å². The van der Waals surface area contributed by atoms with Crippen molar-refractivity contribution in [1.82, 2.24) is 30.3 Å². The molecular weight excluding hydrogens is 571 g/mol. The molecule has 0 unspecified atom stereocenters. The van der Waals surface area contributed by atoms with Crippen LogP contribution in [0.3, 0.4) is 0 Å². The number of fused-ring (bicyclic) bond motifs is 1. The average Bonchev–Trinajstić information content (AvgIpc) is 3.40. The molecule has 3 amide bonds. The summed E-state index contributed by atoms with van der Waals surface area (Å²) < 4.78 is 16.6. The van der Waals surface area contributed by atoms with Crippen LogP contribution in [0.5, 0.6) is 0 Å². The molecule has 3 aromatic carbocycles. The van der Waals surface area contributed by atoms with Gasteiger partial charge in [0, 0.05) is 37.1 Å². The average molecular weight is 611 g/mol. The minimum atomic E-state index is -0.799. The van der Waals surface area contributed by atoms with Crippen molar-refractivity contribution in [2.45, 2.75) is 58.7 Å². The number of nitrogens with one attached hydrogen (secondary N) is 2. The summed E-state index contributed by atoms with van der Waals surface area (Å²) in [4.78, 5) is 47.3. The van der Waals surface area contributed by atoms with Crippen LogP contribution in [0.1, 0.15) is 60.3 Å². The minimum absolute atomic E-state index is 0.0392. The SMILES string of the molecule is Cc1nc2n(n1)CCN(C(=O)c1ccccc1-c1ccccc1F)CCCC(=O)N[C@@H](Cc1ccccc1)C(=O)N[C@@H]2C(C)C. The number of aromatic nitrogens is 3. The Kier molecular flexibility index (Phi) is 10.0. The molecule has 0 aliphatic carbocycles. The largest absolute Gasteiger partial charge is 0.344 e. The third kappa shape index (κ3) is 7.63. The summed E-state index contributed by atoms with van der Waals surface area (Å²) in [7, 11) is 0. The summed E-state index contributed by atoms with van der Waals surface area (Å²) >= 11 is 0. The summed E-state index contributed by atoms with van der Waals surface area (Å²) in [5, 5.41) is 10.7. The smallest absolute Gasteiger partial charge is 0.254 e.